The molecule has 4 N–H and O–H groups in total. The molecule has 0 aromatic carbocycles. The SMILES string of the molecule is Nc1nc(Cl)ncc1C(O)C(O)CS. The Labute approximate surface area is 91.4 Å². The third-order valence-electron chi connectivity index (χ3n) is 1.69. The molecule has 0 saturated heterocycles. The Hall–Kier alpha value is -0.560. The third kappa shape index (κ3) is 2.48. The molecule has 7 heteroatoms. The Balaban J connectivity index is 2.95. The van der Waals surface area contributed by atoms with Crippen molar-refractivity contribution in [3.63, 3.8) is 0 Å². The molecule has 2 unspecified atom stereocenters. The first-order valence-electron chi connectivity index (χ1n) is 3.81. The minimum Gasteiger partial charge on any atom is -0.389 e. The van der Waals surface area contributed by atoms with Crippen molar-refractivity contribution in [2.24, 2.45) is 0 Å². The smallest absolute Gasteiger partial charge is 0.224 e. The Morgan fingerprint density at radius 2 is 2.21 bits per heavy atom. The van der Waals surface area contributed by atoms with Gasteiger partial charge in [-0.1, -0.05) is 0 Å². The highest BCUT2D eigenvalue weighted by atomic mass is 35.5. The van der Waals surface area contributed by atoms with Crippen LogP contribution in [0.4, 0.5) is 5.82 Å². The van der Waals surface area contributed by atoms with Crippen molar-refractivity contribution in [3.8, 4) is 0 Å². The number of nitrogen functional groups attached to an aromatic ring is 1. The fraction of sp³-hybridized carbons (Fsp3) is 0.429. The summed E-state index contributed by atoms with van der Waals surface area (Å²) in [5.41, 5.74) is 5.73. The average Bonchev–Trinajstić information content (AvgIpc) is 2.15. The molecular weight excluding hydrogens is 226 g/mol. The van der Waals surface area contributed by atoms with Gasteiger partial charge in [0.05, 0.1) is 6.10 Å². The number of aliphatic hydroxyl groups is 2. The van der Waals surface area contributed by atoms with E-state index in [1.54, 1.807) is 0 Å². The number of nitrogens with zero attached hydrogens (tertiary/aromatic N) is 2. The molecule has 1 aromatic rings. The van der Waals surface area contributed by atoms with Crippen LogP contribution in [0.5, 0.6) is 0 Å². The summed E-state index contributed by atoms with van der Waals surface area (Å²) in [6.45, 7) is 0. The lowest BCUT2D eigenvalue weighted by atomic mass is 10.1. The fourth-order valence-corrected chi connectivity index (χ4v) is 1.26. The predicted octanol–water partition coefficient (Wildman–Crippen LogP) is 0.0363. The van der Waals surface area contributed by atoms with Gasteiger partial charge in [-0.15, -0.1) is 0 Å². The molecule has 2 atom stereocenters. The van der Waals surface area contributed by atoms with Crippen LogP contribution in [0, 0.1) is 0 Å². The largest absolute Gasteiger partial charge is 0.389 e. The number of thiol groups is 1. The van der Waals surface area contributed by atoms with Crippen LogP contribution in [-0.4, -0.2) is 32.0 Å². The van der Waals surface area contributed by atoms with Crippen LogP contribution in [-0.2, 0) is 0 Å². The van der Waals surface area contributed by atoms with E-state index in [9.17, 15) is 10.2 Å². The third-order valence-corrected chi connectivity index (χ3v) is 2.25. The van der Waals surface area contributed by atoms with E-state index in [0.29, 0.717) is 0 Å². The molecule has 1 rings (SSSR count). The highest BCUT2D eigenvalue weighted by Gasteiger charge is 2.20. The zero-order valence-corrected chi connectivity index (χ0v) is 8.78. The van der Waals surface area contributed by atoms with E-state index in [2.05, 4.69) is 22.6 Å². The number of anilines is 1. The molecule has 0 aliphatic heterocycles. The van der Waals surface area contributed by atoms with Crippen LogP contribution in [0.1, 0.15) is 11.7 Å². The number of nitrogens with two attached hydrogens (primary N) is 1. The summed E-state index contributed by atoms with van der Waals surface area (Å²) in [6, 6.07) is 0. The van der Waals surface area contributed by atoms with E-state index < -0.39 is 12.2 Å². The maximum atomic E-state index is 9.56. The summed E-state index contributed by atoms with van der Waals surface area (Å²) in [4.78, 5) is 7.30. The molecule has 0 spiro atoms. The van der Waals surface area contributed by atoms with Gasteiger partial charge in [0.1, 0.15) is 11.9 Å². The van der Waals surface area contributed by atoms with Crippen LogP contribution >= 0.6 is 24.2 Å². The minimum atomic E-state index is -1.15. The zero-order valence-electron chi connectivity index (χ0n) is 7.13. The van der Waals surface area contributed by atoms with Crippen molar-refractivity contribution >= 4 is 30.0 Å². The van der Waals surface area contributed by atoms with Crippen molar-refractivity contribution in [2.45, 2.75) is 12.2 Å². The van der Waals surface area contributed by atoms with Gasteiger partial charge in [0, 0.05) is 17.5 Å². The van der Waals surface area contributed by atoms with Crippen LogP contribution in [0.2, 0.25) is 5.28 Å². The molecule has 1 heterocycles. The lowest BCUT2D eigenvalue weighted by molar-refractivity contribution is 0.0338. The molecular formula is C7H10ClN3O2S. The topological polar surface area (TPSA) is 92.3 Å². The van der Waals surface area contributed by atoms with E-state index in [4.69, 9.17) is 17.3 Å². The molecule has 0 fully saturated rings. The van der Waals surface area contributed by atoms with Crippen LogP contribution < -0.4 is 5.73 Å². The predicted molar refractivity (Wildman–Crippen MR) is 56.3 cm³/mol. The van der Waals surface area contributed by atoms with Crippen molar-refractivity contribution < 1.29 is 10.2 Å². The molecule has 1 aromatic heterocycles. The Kier molecular flexibility index (Phi) is 3.94. The van der Waals surface area contributed by atoms with Gasteiger partial charge in [-0.2, -0.15) is 12.6 Å². The van der Waals surface area contributed by atoms with Gasteiger partial charge in [-0.3, -0.25) is 0 Å². The lowest BCUT2D eigenvalue weighted by Crippen LogP contribution is -2.21. The van der Waals surface area contributed by atoms with Crippen LogP contribution in [0.25, 0.3) is 0 Å². The maximum absolute atomic E-state index is 9.56. The minimum absolute atomic E-state index is 0.00110. The Morgan fingerprint density at radius 3 is 2.71 bits per heavy atom. The number of aliphatic hydroxyl groups excluding tert-OH is 2. The first-order valence-corrected chi connectivity index (χ1v) is 4.82. The standard InChI is InChI=1S/C7H10ClN3O2S/c8-7-10-1-3(6(9)11-7)5(13)4(12)2-14/h1,4-5,12-14H,2H2,(H2,9,10,11). The molecule has 0 radical (unpaired) electrons. The molecule has 78 valence electrons. The summed E-state index contributed by atoms with van der Waals surface area (Å²) >= 11 is 9.32. The molecule has 14 heavy (non-hydrogen) atoms. The fourth-order valence-electron chi connectivity index (χ4n) is 0.917. The van der Waals surface area contributed by atoms with Crippen LogP contribution in [0.3, 0.4) is 0 Å². The Bertz CT molecular complexity index is 326. The molecule has 0 aliphatic carbocycles. The summed E-state index contributed by atoms with van der Waals surface area (Å²) < 4.78 is 0. The second kappa shape index (κ2) is 4.79. The Morgan fingerprint density at radius 1 is 1.57 bits per heavy atom. The normalized spacial score (nSPS) is 15.1. The quantitative estimate of drug-likeness (QED) is 0.439. The van der Waals surface area contributed by atoms with Crippen molar-refractivity contribution in [3.05, 3.63) is 17.0 Å². The van der Waals surface area contributed by atoms with Gasteiger partial charge in [-0.25, -0.2) is 9.97 Å². The highest BCUT2D eigenvalue weighted by molar-refractivity contribution is 7.80. The van der Waals surface area contributed by atoms with Crippen molar-refractivity contribution in [1.82, 2.24) is 9.97 Å². The molecule has 0 amide bonds. The summed E-state index contributed by atoms with van der Waals surface area (Å²) in [5.74, 6) is 0.168. The van der Waals surface area contributed by atoms with Crippen molar-refractivity contribution in [1.29, 1.82) is 0 Å². The summed E-state index contributed by atoms with van der Waals surface area (Å²) in [7, 11) is 0. The van der Waals surface area contributed by atoms with Crippen molar-refractivity contribution in [2.75, 3.05) is 11.5 Å². The van der Waals surface area contributed by atoms with Crippen LogP contribution in [0.15, 0.2) is 6.20 Å². The van der Waals surface area contributed by atoms with E-state index in [1.165, 1.54) is 6.20 Å². The monoisotopic (exact) mass is 235 g/mol. The van der Waals surface area contributed by atoms with Gasteiger partial charge in [-0.05, 0) is 11.6 Å². The van der Waals surface area contributed by atoms with Gasteiger partial charge >= 0.3 is 0 Å². The van der Waals surface area contributed by atoms with E-state index >= 15 is 0 Å². The first kappa shape index (κ1) is 11.5. The van der Waals surface area contributed by atoms with E-state index in [0.717, 1.165) is 0 Å². The second-order valence-corrected chi connectivity index (χ2v) is 3.38. The average molecular weight is 236 g/mol. The first-order chi connectivity index (χ1) is 6.56. The number of halogens is 1. The van der Waals surface area contributed by atoms with Gasteiger partial charge in [0.2, 0.25) is 5.28 Å². The summed E-state index contributed by atoms with van der Waals surface area (Å²) in [5, 5.41) is 18.9. The molecule has 5 nitrogen and oxygen atoms in total. The second-order valence-electron chi connectivity index (χ2n) is 2.67. The maximum Gasteiger partial charge on any atom is 0.224 e. The lowest BCUT2D eigenvalue weighted by Gasteiger charge is -2.16. The van der Waals surface area contributed by atoms with Gasteiger partial charge in [0.25, 0.3) is 0 Å². The molecule has 0 bridgehead atoms. The number of rotatable bonds is 3. The number of aromatic nitrogens is 2. The highest BCUT2D eigenvalue weighted by Crippen LogP contribution is 2.22. The van der Waals surface area contributed by atoms with Gasteiger partial charge < -0.3 is 15.9 Å². The van der Waals surface area contributed by atoms with E-state index in [-0.39, 0.29) is 22.4 Å². The number of hydrogen-bond acceptors (Lipinski definition) is 6. The molecule has 0 aliphatic rings. The zero-order chi connectivity index (χ0) is 10.7. The molecule has 0 saturated carbocycles. The number of hydrogen-bond donors (Lipinski definition) is 4. The van der Waals surface area contributed by atoms with E-state index in [1.807, 2.05) is 0 Å². The summed E-state index contributed by atoms with van der Waals surface area (Å²) in [6.07, 6.45) is -0.877. The van der Waals surface area contributed by atoms with Gasteiger partial charge in [0.15, 0.2) is 0 Å².